The number of benzene rings is 6. The Labute approximate surface area is 452 Å². The van der Waals surface area contributed by atoms with Gasteiger partial charge in [0, 0.05) is 53.7 Å². The average Bonchev–Trinajstić information content (AvgIpc) is 4.39. The van der Waals surface area contributed by atoms with Crippen LogP contribution in [0.15, 0.2) is 170 Å². The molecule has 0 spiro atoms. The normalized spacial score (nSPS) is 20.0. The molecule has 0 bridgehead atoms. The third-order valence-electron chi connectivity index (χ3n) is 15.5. The summed E-state index contributed by atoms with van der Waals surface area (Å²) < 4.78 is 12.4. The van der Waals surface area contributed by atoms with E-state index in [2.05, 4.69) is 18.2 Å². The quantitative estimate of drug-likeness (QED) is 0.0430. The molecule has 1 aliphatic heterocycles. The minimum absolute atomic E-state index is 0.0929. The lowest BCUT2D eigenvalue weighted by Crippen LogP contribution is -2.44. The van der Waals surface area contributed by atoms with Gasteiger partial charge < -0.3 is 24.4 Å². The van der Waals surface area contributed by atoms with Crippen LogP contribution >= 0.6 is 0 Å². The first kappa shape index (κ1) is 52.9. The summed E-state index contributed by atoms with van der Waals surface area (Å²) in [6, 6.07) is 55.3. The van der Waals surface area contributed by atoms with E-state index < -0.39 is 34.5 Å². The minimum atomic E-state index is -0.920. The zero-order chi connectivity index (χ0) is 54.4. The van der Waals surface area contributed by atoms with E-state index >= 15 is 0 Å². The number of fused-ring (bicyclic) bond motifs is 2. The van der Waals surface area contributed by atoms with E-state index in [0.29, 0.717) is 56.9 Å². The number of amides is 4. The van der Waals surface area contributed by atoms with E-state index in [9.17, 15) is 29.5 Å². The van der Waals surface area contributed by atoms with Gasteiger partial charge in [0.25, 0.3) is 0 Å². The molecule has 2 aromatic heterocycles. The first-order valence-electron chi connectivity index (χ1n) is 26.3. The van der Waals surface area contributed by atoms with Gasteiger partial charge in [-0.05, 0) is 98.2 Å². The number of pyridine rings is 2. The molecule has 398 valence electrons. The molecular weight excluding hydrogens is 985 g/mol. The Balaban J connectivity index is 0.000000177. The molecule has 78 heavy (non-hydrogen) atoms. The number of ether oxygens (including phenoxy) is 2. The maximum absolute atomic E-state index is 13.6. The molecule has 11 rings (SSSR count). The molecule has 15 nitrogen and oxygen atoms in total. The number of para-hydroxylation sites is 2. The molecule has 0 unspecified atom stereocenters. The fourth-order valence-electron chi connectivity index (χ4n) is 11.2. The Hall–Kier alpha value is -8.50. The Morgan fingerprint density at radius 2 is 1.04 bits per heavy atom. The van der Waals surface area contributed by atoms with Crippen LogP contribution in [-0.2, 0) is 45.2 Å². The van der Waals surface area contributed by atoms with E-state index in [1.165, 1.54) is 4.90 Å². The Morgan fingerprint density at radius 1 is 0.603 bits per heavy atom. The third-order valence-corrected chi connectivity index (χ3v) is 15.5. The van der Waals surface area contributed by atoms with E-state index in [0.717, 1.165) is 79.4 Å². The number of carbonyl (C=O) groups excluding carboxylic acids is 4. The van der Waals surface area contributed by atoms with Gasteiger partial charge in [-0.3, -0.25) is 29.6 Å². The number of nitrogens with one attached hydrogen (secondary N) is 2. The second-order valence-corrected chi connectivity index (χ2v) is 20.8. The Kier molecular flexibility index (Phi) is 15.6. The standard InChI is InChI=1S/C33H33N3O5.C30H29N3O4/c37-20-25-9-6-16-36(25)32(39)33(19-28(33)31(38)35-40)18-22-12-14-26(15-13-22)41-21-24-17-30(23-7-2-1-3-8-23)34-29-11-5-4-10-27(24)29;1-33(2)29(35)30(18-25(30)28(34)32-36)17-20-12-14-23(15-13-20)37-19-22-16-27(21-8-4-3-5-9-21)31-26-11-7-6-10-24(22)26/h1-5,7-8,10-15,17,25,28,37,40H,6,9,16,18-21H2,(H,35,38);3-16,25,36H,17-19H2,1-2H3,(H,32,34)/t25-,28+,33-;25-,30+/m01/s1. The van der Waals surface area contributed by atoms with Crippen LogP contribution < -0.4 is 20.4 Å². The molecule has 5 N–H and O–H groups in total. The Bertz CT molecular complexity index is 3450. The molecule has 5 atom stereocenters. The van der Waals surface area contributed by atoms with Crippen LogP contribution in [0.5, 0.6) is 11.5 Å². The fourth-order valence-corrected chi connectivity index (χ4v) is 11.2. The molecule has 2 aliphatic carbocycles. The van der Waals surface area contributed by atoms with Crippen molar-refractivity contribution in [3.8, 4) is 34.0 Å². The van der Waals surface area contributed by atoms with E-state index in [1.54, 1.807) is 30.0 Å². The van der Waals surface area contributed by atoms with Crippen LogP contribution in [0.3, 0.4) is 0 Å². The van der Waals surface area contributed by atoms with E-state index in [-0.39, 0.29) is 24.5 Å². The highest BCUT2D eigenvalue weighted by molar-refractivity contribution is 5.97. The summed E-state index contributed by atoms with van der Waals surface area (Å²) in [7, 11) is 3.36. The van der Waals surface area contributed by atoms with Crippen LogP contribution in [-0.4, -0.2) is 92.2 Å². The summed E-state index contributed by atoms with van der Waals surface area (Å²) in [4.78, 5) is 63.7. The summed E-state index contributed by atoms with van der Waals surface area (Å²) in [5.74, 6) is -1.04. The number of hydrogen-bond donors (Lipinski definition) is 5. The van der Waals surface area contributed by atoms with Crippen molar-refractivity contribution in [2.75, 3.05) is 27.2 Å². The number of aromatic nitrogens is 2. The molecule has 4 amide bonds. The number of hydrogen-bond acceptors (Lipinski definition) is 11. The second-order valence-electron chi connectivity index (χ2n) is 20.8. The maximum Gasteiger partial charge on any atom is 0.247 e. The highest BCUT2D eigenvalue weighted by Gasteiger charge is 2.65. The number of likely N-dealkylation sites (tertiary alicyclic amines) is 1. The van der Waals surface area contributed by atoms with Gasteiger partial charge in [-0.15, -0.1) is 0 Å². The first-order valence-corrected chi connectivity index (χ1v) is 26.3. The summed E-state index contributed by atoms with van der Waals surface area (Å²) in [5, 5.41) is 30.1. The topological polar surface area (TPSA) is 204 Å². The van der Waals surface area contributed by atoms with Crippen LogP contribution in [0.4, 0.5) is 0 Å². The number of hydroxylamine groups is 2. The minimum Gasteiger partial charge on any atom is -0.489 e. The monoisotopic (exact) mass is 1050 g/mol. The van der Waals surface area contributed by atoms with E-state index in [1.807, 2.05) is 152 Å². The van der Waals surface area contributed by atoms with Gasteiger partial charge in [-0.1, -0.05) is 121 Å². The van der Waals surface area contributed by atoms with E-state index in [4.69, 9.17) is 24.6 Å². The predicted octanol–water partition coefficient (Wildman–Crippen LogP) is 9.14. The molecule has 1 saturated heterocycles. The van der Waals surface area contributed by atoms with Gasteiger partial charge in [0.1, 0.15) is 24.7 Å². The SMILES string of the molecule is CN(C)C(=O)[C@@]1(Cc2ccc(OCc3cc(-c4ccccc4)nc4ccccc34)cc2)C[C@@H]1C(=O)NO.O=C(NO)[C@H]1C[C@]1(Cc1ccc(OCc2cc(-c3ccccc3)nc3ccccc23)cc1)C(=O)N1CCC[C@H]1CO. The largest absolute Gasteiger partial charge is 0.489 e. The van der Waals surface area contributed by atoms with Crippen LogP contribution in [0.1, 0.15) is 47.9 Å². The number of aliphatic hydroxyl groups excluding tert-OH is 1. The van der Waals surface area contributed by atoms with Crippen molar-refractivity contribution >= 4 is 45.4 Å². The number of carbonyl (C=O) groups is 4. The van der Waals surface area contributed by atoms with Crippen molar-refractivity contribution in [2.45, 2.75) is 57.8 Å². The molecule has 8 aromatic rings. The molecule has 3 fully saturated rings. The lowest BCUT2D eigenvalue weighted by molar-refractivity contribution is -0.142. The van der Waals surface area contributed by atoms with Crippen molar-refractivity contribution in [1.29, 1.82) is 0 Å². The van der Waals surface area contributed by atoms with Gasteiger partial charge in [-0.25, -0.2) is 20.9 Å². The summed E-state index contributed by atoms with van der Waals surface area (Å²) in [5.41, 5.74) is 11.3. The number of nitrogens with zero attached hydrogens (tertiary/aromatic N) is 4. The van der Waals surface area contributed by atoms with Crippen LogP contribution in [0.2, 0.25) is 0 Å². The second kappa shape index (κ2) is 23.0. The van der Waals surface area contributed by atoms with Gasteiger partial charge in [-0.2, -0.15) is 0 Å². The summed E-state index contributed by atoms with van der Waals surface area (Å²) >= 11 is 0. The van der Waals surface area contributed by atoms with Crippen molar-refractivity contribution in [1.82, 2.24) is 30.7 Å². The van der Waals surface area contributed by atoms with Crippen molar-refractivity contribution in [3.63, 3.8) is 0 Å². The third kappa shape index (κ3) is 11.2. The van der Waals surface area contributed by atoms with Crippen molar-refractivity contribution in [3.05, 3.63) is 192 Å². The smallest absolute Gasteiger partial charge is 0.247 e. The number of aliphatic hydroxyl groups is 1. The van der Waals surface area contributed by atoms with Crippen molar-refractivity contribution in [2.24, 2.45) is 22.7 Å². The van der Waals surface area contributed by atoms with Gasteiger partial charge in [0.05, 0.1) is 57.7 Å². The highest BCUT2D eigenvalue weighted by Crippen LogP contribution is 2.57. The number of rotatable bonds is 17. The van der Waals surface area contributed by atoms with Crippen molar-refractivity contribution < 1.29 is 44.2 Å². The zero-order valence-electron chi connectivity index (χ0n) is 43.5. The van der Waals surface area contributed by atoms with Gasteiger partial charge >= 0.3 is 0 Å². The fraction of sp³-hybridized carbons (Fsp3) is 0.270. The molecule has 6 aromatic carbocycles. The van der Waals surface area contributed by atoms with Gasteiger partial charge in [0.15, 0.2) is 0 Å². The predicted molar refractivity (Wildman–Crippen MR) is 295 cm³/mol. The molecule has 3 aliphatic rings. The molecule has 2 saturated carbocycles. The average molecular weight is 1050 g/mol. The summed E-state index contributed by atoms with van der Waals surface area (Å²) in [6.07, 6.45) is 3.14. The molecule has 15 heteroatoms. The molecule has 0 radical (unpaired) electrons. The molecule has 3 heterocycles. The lowest BCUT2D eigenvalue weighted by Gasteiger charge is -2.28. The first-order chi connectivity index (χ1) is 37.9. The summed E-state index contributed by atoms with van der Waals surface area (Å²) in [6.45, 7) is 1.22. The van der Waals surface area contributed by atoms with Crippen LogP contribution in [0.25, 0.3) is 44.3 Å². The zero-order valence-corrected chi connectivity index (χ0v) is 43.5. The molecular formula is C63H62N6O9. The lowest BCUT2D eigenvalue weighted by atomic mass is 9.91. The Morgan fingerprint density at radius 3 is 1.50 bits per heavy atom. The van der Waals surface area contributed by atoms with Crippen LogP contribution in [0, 0.1) is 22.7 Å². The highest BCUT2D eigenvalue weighted by atomic mass is 16.5. The van der Waals surface area contributed by atoms with Gasteiger partial charge in [0.2, 0.25) is 23.6 Å². The maximum atomic E-state index is 13.6.